The SMILES string of the molecule is CN1CC(OCc2ccccc2)C[C@H]1C(=O)NC(CCCc1ccccc1)CCCc1ccccc1. The molecule has 1 aliphatic rings. The van der Waals surface area contributed by atoms with Gasteiger partial charge in [-0.05, 0) is 68.7 Å². The van der Waals surface area contributed by atoms with Gasteiger partial charge in [0.15, 0.2) is 0 Å². The first kappa shape index (κ1) is 26.1. The zero-order valence-electron chi connectivity index (χ0n) is 21.5. The summed E-state index contributed by atoms with van der Waals surface area (Å²) in [5, 5.41) is 3.42. The Morgan fingerprint density at radius 2 is 1.33 bits per heavy atom. The second-order valence-electron chi connectivity index (χ2n) is 10.1. The number of rotatable bonds is 13. The lowest BCUT2D eigenvalue weighted by Gasteiger charge is -2.24. The highest BCUT2D eigenvalue weighted by Crippen LogP contribution is 2.21. The van der Waals surface area contributed by atoms with Crippen molar-refractivity contribution in [3.8, 4) is 0 Å². The molecule has 190 valence electrons. The molecule has 4 rings (SSSR count). The van der Waals surface area contributed by atoms with E-state index in [1.54, 1.807) is 0 Å². The summed E-state index contributed by atoms with van der Waals surface area (Å²) < 4.78 is 6.15. The minimum absolute atomic E-state index is 0.0839. The zero-order chi connectivity index (χ0) is 25.0. The molecular weight excluding hydrogens is 444 g/mol. The van der Waals surface area contributed by atoms with Gasteiger partial charge in [-0.1, -0.05) is 91.0 Å². The van der Waals surface area contributed by atoms with Crippen LogP contribution >= 0.6 is 0 Å². The first-order valence-corrected chi connectivity index (χ1v) is 13.4. The average Bonchev–Trinajstić information content (AvgIpc) is 3.29. The number of likely N-dealkylation sites (tertiary alicyclic amines) is 1. The van der Waals surface area contributed by atoms with Crippen LogP contribution in [0.3, 0.4) is 0 Å². The van der Waals surface area contributed by atoms with Gasteiger partial charge in [0.2, 0.25) is 5.91 Å². The fourth-order valence-corrected chi connectivity index (χ4v) is 5.15. The van der Waals surface area contributed by atoms with Gasteiger partial charge in [-0.15, -0.1) is 0 Å². The van der Waals surface area contributed by atoms with Crippen molar-refractivity contribution in [3.63, 3.8) is 0 Å². The second-order valence-corrected chi connectivity index (χ2v) is 10.1. The van der Waals surface area contributed by atoms with E-state index in [4.69, 9.17) is 4.74 Å². The van der Waals surface area contributed by atoms with Crippen LogP contribution in [0.25, 0.3) is 0 Å². The van der Waals surface area contributed by atoms with Crippen LogP contribution in [-0.2, 0) is 29.0 Å². The van der Waals surface area contributed by atoms with E-state index in [2.05, 4.69) is 83.0 Å². The zero-order valence-corrected chi connectivity index (χ0v) is 21.5. The number of amides is 1. The average molecular weight is 485 g/mol. The van der Waals surface area contributed by atoms with E-state index < -0.39 is 0 Å². The molecule has 3 aromatic rings. The van der Waals surface area contributed by atoms with Crippen LogP contribution in [0, 0.1) is 0 Å². The Balaban J connectivity index is 1.28. The van der Waals surface area contributed by atoms with E-state index in [1.165, 1.54) is 16.7 Å². The molecule has 1 saturated heterocycles. The van der Waals surface area contributed by atoms with Gasteiger partial charge in [0, 0.05) is 12.6 Å². The third kappa shape index (κ3) is 8.32. The monoisotopic (exact) mass is 484 g/mol. The number of hydrogen-bond acceptors (Lipinski definition) is 3. The summed E-state index contributed by atoms with van der Waals surface area (Å²) in [6.45, 7) is 1.38. The maximum absolute atomic E-state index is 13.3. The van der Waals surface area contributed by atoms with Crippen molar-refractivity contribution in [2.24, 2.45) is 0 Å². The minimum Gasteiger partial charge on any atom is -0.372 e. The molecule has 1 aliphatic heterocycles. The number of aryl methyl sites for hydroxylation is 2. The van der Waals surface area contributed by atoms with Crippen LogP contribution in [0.5, 0.6) is 0 Å². The summed E-state index contributed by atoms with van der Waals surface area (Å²) in [6.07, 6.45) is 7.07. The Hall–Kier alpha value is -2.95. The predicted octanol–water partition coefficient (Wildman–Crippen LogP) is 5.81. The second kappa shape index (κ2) is 14.0. The number of nitrogens with zero attached hydrogens (tertiary/aromatic N) is 1. The number of carbonyl (C=O) groups is 1. The van der Waals surface area contributed by atoms with Crippen molar-refractivity contribution in [2.45, 2.75) is 69.7 Å². The van der Waals surface area contributed by atoms with E-state index in [0.29, 0.717) is 6.61 Å². The fourth-order valence-electron chi connectivity index (χ4n) is 5.15. The molecule has 2 atom stereocenters. The number of likely N-dealkylation sites (N-methyl/N-ethyl adjacent to an activating group) is 1. The van der Waals surface area contributed by atoms with Crippen molar-refractivity contribution in [3.05, 3.63) is 108 Å². The first-order valence-electron chi connectivity index (χ1n) is 13.4. The third-order valence-electron chi connectivity index (χ3n) is 7.21. The molecule has 0 spiro atoms. The lowest BCUT2D eigenvalue weighted by Crippen LogP contribution is -2.45. The van der Waals surface area contributed by atoms with Crippen molar-refractivity contribution in [1.29, 1.82) is 0 Å². The highest BCUT2D eigenvalue weighted by molar-refractivity contribution is 5.82. The summed E-state index contributed by atoms with van der Waals surface area (Å²) in [6, 6.07) is 31.6. The van der Waals surface area contributed by atoms with E-state index in [1.807, 2.05) is 25.2 Å². The molecular formula is C32H40N2O2. The Morgan fingerprint density at radius 1 is 0.833 bits per heavy atom. The first-order chi connectivity index (χ1) is 17.7. The van der Waals surface area contributed by atoms with Gasteiger partial charge in [-0.2, -0.15) is 0 Å². The van der Waals surface area contributed by atoms with E-state index >= 15 is 0 Å². The van der Waals surface area contributed by atoms with E-state index in [0.717, 1.165) is 51.5 Å². The summed E-state index contributed by atoms with van der Waals surface area (Å²) in [4.78, 5) is 15.5. The van der Waals surface area contributed by atoms with Gasteiger partial charge in [0.1, 0.15) is 0 Å². The van der Waals surface area contributed by atoms with Crippen LogP contribution in [0.15, 0.2) is 91.0 Å². The van der Waals surface area contributed by atoms with Crippen LogP contribution in [0.2, 0.25) is 0 Å². The summed E-state index contributed by atoms with van der Waals surface area (Å²) >= 11 is 0. The van der Waals surface area contributed by atoms with Gasteiger partial charge in [-0.3, -0.25) is 9.69 Å². The van der Waals surface area contributed by atoms with Crippen LogP contribution < -0.4 is 5.32 Å². The largest absolute Gasteiger partial charge is 0.372 e. The van der Waals surface area contributed by atoms with Crippen molar-refractivity contribution in [1.82, 2.24) is 10.2 Å². The number of hydrogen-bond donors (Lipinski definition) is 1. The van der Waals surface area contributed by atoms with Gasteiger partial charge < -0.3 is 10.1 Å². The normalized spacial score (nSPS) is 17.9. The van der Waals surface area contributed by atoms with Gasteiger partial charge in [-0.25, -0.2) is 0 Å². The molecule has 4 heteroatoms. The minimum atomic E-state index is -0.128. The standard InChI is InChI=1S/C32H40N2O2/c1-34-24-30(36-25-28-17-9-4-10-18-28)23-31(34)32(35)33-29(21-11-19-26-13-5-2-6-14-26)22-12-20-27-15-7-3-8-16-27/h2-10,13-18,29-31H,11-12,19-25H2,1H3,(H,33,35)/t30?,31-/m0/s1. The number of ether oxygens (including phenoxy) is 1. The van der Waals surface area contributed by atoms with E-state index in [-0.39, 0.29) is 24.1 Å². The molecule has 1 N–H and O–H groups in total. The Bertz CT molecular complexity index is 980. The van der Waals surface area contributed by atoms with Crippen LogP contribution in [0.4, 0.5) is 0 Å². The highest BCUT2D eigenvalue weighted by atomic mass is 16.5. The van der Waals surface area contributed by atoms with Crippen molar-refractivity contribution >= 4 is 5.91 Å². The molecule has 0 saturated carbocycles. The number of nitrogens with one attached hydrogen (secondary N) is 1. The Morgan fingerprint density at radius 3 is 1.86 bits per heavy atom. The van der Waals surface area contributed by atoms with E-state index in [9.17, 15) is 4.79 Å². The van der Waals surface area contributed by atoms with Gasteiger partial charge >= 0.3 is 0 Å². The predicted molar refractivity (Wildman–Crippen MR) is 147 cm³/mol. The molecule has 0 aromatic heterocycles. The van der Waals surface area contributed by atoms with Crippen LogP contribution in [0.1, 0.15) is 48.8 Å². The summed E-state index contributed by atoms with van der Waals surface area (Å²) in [5.41, 5.74) is 3.89. The van der Waals surface area contributed by atoms with Gasteiger partial charge in [0.05, 0.1) is 18.8 Å². The smallest absolute Gasteiger partial charge is 0.237 e. The lowest BCUT2D eigenvalue weighted by atomic mass is 9.98. The molecule has 1 heterocycles. The maximum atomic E-state index is 13.3. The lowest BCUT2D eigenvalue weighted by molar-refractivity contribution is -0.126. The third-order valence-corrected chi connectivity index (χ3v) is 7.21. The quantitative estimate of drug-likeness (QED) is 0.333. The summed E-state index contributed by atoms with van der Waals surface area (Å²) in [7, 11) is 2.04. The van der Waals surface area contributed by atoms with Crippen molar-refractivity contribution < 1.29 is 9.53 Å². The van der Waals surface area contributed by atoms with Gasteiger partial charge in [0.25, 0.3) is 0 Å². The topological polar surface area (TPSA) is 41.6 Å². The molecule has 36 heavy (non-hydrogen) atoms. The fraction of sp³-hybridized carbons (Fsp3) is 0.406. The molecule has 1 unspecified atom stereocenters. The number of carbonyl (C=O) groups excluding carboxylic acids is 1. The van der Waals surface area contributed by atoms with Crippen molar-refractivity contribution in [2.75, 3.05) is 13.6 Å². The molecule has 4 nitrogen and oxygen atoms in total. The molecule has 0 bridgehead atoms. The molecule has 3 aromatic carbocycles. The van der Waals surface area contributed by atoms with Crippen LogP contribution in [-0.4, -0.2) is 42.6 Å². The molecule has 0 aliphatic carbocycles. The molecule has 0 radical (unpaired) electrons. The molecule has 1 fully saturated rings. The maximum Gasteiger partial charge on any atom is 0.237 e. The summed E-state index contributed by atoms with van der Waals surface area (Å²) in [5.74, 6) is 0.146. The Labute approximate surface area is 216 Å². The Kier molecular flexibility index (Phi) is 10.1. The number of benzene rings is 3. The highest BCUT2D eigenvalue weighted by Gasteiger charge is 2.35. The molecule has 1 amide bonds.